The van der Waals surface area contributed by atoms with E-state index in [1.807, 2.05) is 6.08 Å². The summed E-state index contributed by atoms with van der Waals surface area (Å²) in [6.45, 7) is 13.7. The number of rotatable bonds is 9. The lowest BCUT2D eigenvalue weighted by atomic mass is 10.0. The monoisotopic (exact) mass is 770 g/mol. The predicted molar refractivity (Wildman–Crippen MR) is 206 cm³/mol. The van der Waals surface area contributed by atoms with Crippen LogP contribution in [-0.2, 0) is 23.9 Å². The summed E-state index contributed by atoms with van der Waals surface area (Å²) in [5.74, 6) is 0.553. The number of halogens is 4. The van der Waals surface area contributed by atoms with Crippen LogP contribution < -0.4 is 14.5 Å². The molecule has 3 fully saturated rings. The molecule has 4 aliphatic heterocycles. The van der Waals surface area contributed by atoms with E-state index in [4.69, 9.17) is 32.9 Å². The molecule has 3 saturated heterocycles. The molecule has 6 rings (SSSR count). The number of benzene rings is 1. The second-order valence-corrected chi connectivity index (χ2v) is 13.4. The molecule has 0 bridgehead atoms. The van der Waals surface area contributed by atoms with Gasteiger partial charge in [0, 0.05) is 50.4 Å². The van der Waals surface area contributed by atoms with E-state index in [2.05, 4.69) is 26.6 Å². The molecular formula is C35H50ClF3N8O2S2. The molecule has 0 spiro atoms. The minimum absolute atomic E-state index is 0. The van der Waals surface area contributed by atoms with Crippen LogP contribution in [0.1, 0.15) is 49.9 Å². The number of carbonyl (C=O) groups excluding carboxylic acids is 1. The first-order chi connectivity index (χ1) is 23.1. The second-order valence-electron chi connectivity index (χ2n) is 13.0. The van der Waals surface area contributed by atoms with Crippen LogP contribution in [0.3, 0.4) is 0 Å². The Labute approximate surface area is 318 Å². The molecule has 1 amide bonds. The fraction of sp³-hybridized carbons (Fsp3) is 0.600. The molecule has 0 unspecified atom stereocenters. The average molecular weight is 771 g/mol. The smallest absolute Gasteiger partial charge is 0.419 e. The van der Waals surface area contributed by atoms with Gasteiger partial charge in [0.25, 0.3) is 0 Å². The van der Waals surface area contributed by atoms with Gasteiger partial charge in [-0.05, 0) is 70.9 Å². The molecule has 282 valence electrons. The van der Waals surface area contributed by atoms with Crippen LogP contribution in [0.5, 0.6) is 6.01 Å². The lowest BCUT2D eigenvalue weighted by Crippen LogP contribution is -2.56. The van der Waals surface area contributed by atoms with Gasteiger partial charge in [-0.2, -0.15) is 50.1 Å². The molecule has 0 radical (unpaired) electrons. The summed E-state index contributed by atoms with van der Waals surface area (Å²) in [6, 6.07) is 4.29. The van der Waals surface area contributed by atoms with Gasteiger partial charge < -0.3 is 29.2 Å². The highest BCUT2D eigenvalue weighted by Gasteiger charge is 2.39. The Kier molecular flexibility index (Phi) is 15.6. The number of likely N-dealkylation sites (tertiary alicyclic amines) is 2. The summed E-state index contributed by atoms with van der Waals surface area (Å²) in [5.41, 5.74) is 0.596. The Balaban J connectivity index is 0.00000234. The first kappa shape index (κ1) is 42.5. The quantitative estimate of drug-likeness (QED) is 0.240. The standard InChI is InChI=1S/C34H42ClF3N8O2.CH4.2H2S/c1-39-20-25-21-45(18-19-46(25)30(47)11-7-16-43-14-3-4-15-43)32-26-12-17-44(29-10-5-9-27(35)31(29)34(36,37)38)22-28(26)40-33(41-32)48-23-24-8-6-13-42(24)2;;;/h5,7,9-11,24-25H,3-4,6,8,12-23H2,2H3;1H4;2*1H2/b11-7+;;;/t24-,25-;;;/m0.../s1. The number of carbonyl (C=O) groups is 1. The van der Waals surface area contributed by atoms with Gasteiger partial charge in [-0.3, -0.25) is 9.69 Å². The minimum Gasteiger partial charge on any atom is -0.462 e. The molecule has 2 atom stereocenters. The zero-order valence-electron chi connectivity index (χ0n) is 28.3. The van der Waals surface area contributed by atoms with Crippen LogP contribution in [0.15, 0.2) is 30.4 Å². The number of amides is 1. The highest BCUT2D eigenvalue weighted by atomic mass is 35.5. The predicted octanol–water partition coefficient (Wildman–Crippen LogP) is 5.63. The molecule has 16 heteroatoms. The van der Waals surface area contributed by atoms with E-state index in [0.717, 1.165) is 44.6 Å². The summed E-state index contributed by atoms with van der Waals surface area (Å²) in [7, 11) is 2.06. The molecule has 1 aromatic heterocycles. The number of piperazine rings is 1. The third kappa shape index (κ3) is 9.95. The zero-order chi connectivity index (χ0) is 33.8. The van der Waals surface area contributed by atoms with E-state index in [0.29, 0.717) is 50.7 Å². The topological polar surface area (TPSA) is 72.6 Å². The minimum atomic E-state index is -4.62. The normalized spacial score (nSPS) is 21.1. The molecule has 1 aromatic carbocycles. The maximum Gasteiger partial charge on any atom is 0.419 e. The van der Waals surface area contributed by atoms with Gasteiger partial charge >= 0.3 is 12.2 Å². The number of anilines is 2. The van der Waals surface area contributed by atoms with Crippen molar-refractivity contribution in [1.82, 2.24) is 24.7 Å². The Morgan fingerprint density at radius 3 is 2.51 bits per heavy atom. The molecule has 4 aliphatic rings. The summed E-state index contributed by atoms with van der Waals surface area (Å²) in [5, 5.41) is -0.344. The van der Waals surface area contributed by atoms with Gasteiger partial charge in [0.15, 0.2) is 0 Å². The van der Waals surface area contributed by atoms with Gasteiger partial charge in [0.2, 0.25) is 12.5 Å². The maximum absolute atomic E-state index is 14.1. The lowest BCUT2D eigenvalue weighted by Gasteiger charge is -2.41. The van der Waals surface area contributed by atoms with Gasteiger partial charge in [-0.25, -0.2) is 6.57 Å². The van der Waals surface area contributed by atoms with E-state index in [1.54, 1.807) is 15.9 Å². The van der Waals surface area contributed by atoms with Crippen LogP contribution in [0.2, 0.25) is 5.02 Å². The van der Waals surface area contributed by atoms with E-state index >= 15 is 0 Å². The van der Waals surface area contributed by atoms with Crippen molar-refractivity contribution >= 4 is 56.0 Å². The molecular weight excluding hydrogens is 721 g/mol. The number of alkyl halides is 3. The Hall–Kier alpha value is -2.90. The first-order valence-corrected chi connectivity index (χ1v) is 17.1. The van der Waals surface area contributed by atoms with E-state index in [9.17, 15) is 18.0 Å². The van der Waals surface area contributed by atoms with Crippen molar-refractivity contribution in [1.29, 1.82) is 0 Å². The van der Waals surface area contributed by atoms with Crippen molar-refractivity contribution in [3.05, 3.63) is 63.6 Å². The van der Waals surface area contributed by atoms with Crippen LogP contribution >= 0.6 is 38.6 Å². The number of hydrogen-bond donors (Lipinski definition) is 0. The largest absolute Gasteiger partial charge is 0.462 e. The number of hydrogen-bond acceptors (Lipinski definition) is 8. The van der Waals surface area contributed by atoms with Crippen molar-refractivity contribution in [2.24, 2.45) is 0 Å². The third-order valence-corrected chi connectivity index (χ3v) is 10.2. The summed E-state index contributed by atoms with van der Waals surface area (Å²) in [6.07, 6.45) is 3.77. The van der Waals surface area contributed by atoms with Gasteiger partial charge in [0.1, 0.15) is 18.5 Å². The fourth-order valence-electron chi connectivity index (χ4n) is 7.30. The molecule has 0 aliphatic carbocycles. The fourth-order valence-corrected chi connectivity index (χ4v) is 7.58. The van der Waals surface area contributed by atoms with E-state index in [1.165, 1.54) is 31.0 Å². The number of likely N-dealkylation sites (N-methyl/N-ethyl adjacent to an activating group) is 1. The van der Waals surface area contributed by atoms with Crippen LogP contribution in [0.25, 0.3) is 4.85 Å². The van der Waals surface area contributed by atoms with Gasteiger partial charge in [-0.1, -0.05) is 31.2 Å². The van der Waals surface area contributed by atoms with E-state index in [-0.39, 0.29) is 82.2 Å². The summed E-state index contributed by atoms with van der Waals surface area (Å²) < 4.78 is 48.5. The Morgan fingerprint density at radius 2 is 1.82 bits per heavy atom. The van der Waals surface area contributed by atoms with Crippen LogP contribution in [-0.4, -0.2) is 115 Å². The van der Waals surface area contributed by atoms with Crippen molar-refractivity contribution in [3.63, 3.8) is 0 Å². The molecule has 51 heavy (non-hydrogen) atoms. The number of ether oxygens (including phenoxy) is 1. The van der Waals surface area contributed by atoms with Crippen LogP contribution in [0, 0.1) is 6.57 Å². The summed E-state index contributed by atoms with van der Waals surface area (Å²) in [4.78, 5) is 36.6. The van der Waals surface area contributed by atoms with Crippen molar-refractivity contribution in [3.8, 4) is 6.01 Å². The highest BCUT2D eigenvalue weighted by molar-refractivity contribution is 7.59. The van der Waals surface area contributed by atoms with Gasteiger partial charge in [-0.15, -0.1) is 0 Å². The second kappa shape index (κ2) is 18.7. The van der Waals surface area contributed by atoms with Crippen molar-refractivity contribution < 1.29 is 22.7 Å². The van der Waals surface area contributed by atoms with Crippen molar-refractivity contribution in [2.75, 3.05) is 82.4 Å². The number of fused-ring (bicyclic) bond motifs is 1. The maximum atomic E-state index is 14.1. The van der Waals surface area contributed by atoms with Gasteiger partial charge in [0.05, 0.1) is 28.5 Å². The highest BCUT2D eigenvalue weighted by Crippen LogP contribution is 2.43. The SMILES string of the molecule is C.S.S.[C-]#[N+]C[C@H]1CN(c2nc(OC[C@@H]3CCCN3C)nc3c2CCN(c2cccc(Cl)c2C(F)(F)F)C3)CCN1C(=O)/C=C/CN1CCCC1. The third-order valence-electron chi connectivity index (χ3n) is 9.90. The van der Waals surface area contributed by atoms with Crippen molar-refractivity contribution in [2.45, 2.75) is 64.3 Å². The average Bonchev–Trinajstić information content (AvgIpc) is 3.74. The number of aromatic nitrogens is 2. The zero-order valence-corrected chi connectivity index (χ0v) is 31.0. The Bertz CT molecular complexity index is 1560. The summed E-state index contributed by atoms with van der Waals surface area (Å²) >= 11 is 6.07. The lowest BCUT2D eigenvalue weighted by molar-refractivity contribution is -0.137. The molecule has 0 saturated carbocycles. The van der Waals surface area contributed by atoms with Crippen LogP contribution in [0.4, 0.5) is 24.7 Å². The molecule has 2 aromatic rings. The van der Waals surface area contributed by atoms with E-state index < -0.39 is 11.7 Å². The number of nitrogens with zero attached hydrogens (tertiary/aromatic N) is 8. The molecule has 0 N–H and O–H groups in total. The first-order valence-electron chi connectivity index (χ1n) is 16.7. The molecule has 10 nitrogen and oxygen atoms in total. The Morgan fingerprint density at radius 1 is 1.06 bits per heavy atom. The molecule has 5 heterocycles.